The molecule has 2 atom stereocenters. The third-order valence-corrected chi connectivity index (χ3v) is 4.93. The van der Waals surface area contributed by atoms with Crippen LogP contribution in [0, 0.1) is 32.2 Å². The minimum absolute atomic E-state index is 0.300. The van der Waals surface area contributed by atoms with Crippen molar-refractivity contribution in [3.05, 3.63) is 34.9 Å². The van der Waals surface area contributed by atoms with E-state index >= 15 is 0 Å². The highest BCUT2D eigenvalue weighted by atomic mass is 16.6. The number of rotatable bonds is 6. The molecule has 0 saturated heterocycles. The van der Waals surface area contributed by atoms with Gasteiger partial charge in [-0.3, -0.25) is 14.5 Å². The van der Waals surface area contributed by atoms with E-state index in [0.717, 1.165) is 16.0 Å². The molecule has 2 N–H and O–H groups in total. The van der Waals surface area contributed by atoms with E-state index < -0.39 is 41.1 Å². The number of benzene rings is 1. The van der Waals surface area contributed by atoms with Crippen molar-refractivity contribution in [1.29, 1.82) is 0 Å². The van der Waals surface area contributed by atoms with Gasteiger partial charge in [0.25, 0.3) is 5.91 Å². The van der Waals surface area contributed by atoms with E-state index in [-0.39, 0.29) is 5.92 Å². The van der Waals surface area contributed by atoms with E-state index in [1.807, 2.05) is 46.8 Å². The second kappa shape index (κ2) is 10.7. The van der Waals surface area contributed by atoms with Crippen LogP contribution in [0.1, 0.15) is 78.1 Å². The number of terminal acetylenes is 1. The number of carbonyl (C=O) groups excluding carboxylic acids is 3. The number of hydrogen-bond donors (Lipinski definition) is 2. The van der Waals surface area contributed by atoms with Gasteiger partial charge in [0.2, 0.25) is 5.91 Å². The topological polar surface area (TPSA) is 87.7 Å². The number of carbonyl (C=O) groups is 3. The Bertz CT molecular complexity index is 917. The van der Waals surface area contributed by atoms with Crippen LogP contribution < -0.4 is 10.6 Å². The molecule has 33 heavy (non-hydrogen) atoms. The van der Waals surface area contributed by atoms with Gasteiger partial charge in [-0.15, -0.1) is 0 Å². The zero-order valence-corrected chi connectivity index (χ0v) is 21.6. The van der Waals surface area contributed by atoms with Crippen molar-refractivity contribution in [1.82, 2.24) is 15.5 Å². The highest BCUT2D eigenvalue weighted by Gasteiger charge is 2.38. The van der Waals surface area contributed by atoms with Crippen LogP contribution in [0.5, 0.6) is 0 Å². The van der Waals surface area contributed by atoms with Gasteiger partial charge in [0, 0.05) is 11.6 Å². The predicted octanol–water partition coefficient (Wildman–Crippen LogP) is 4.23. The fourth-order valence-electron chi connectivity index (χ4n) is 3.27. The van der Waals surface area contributed by atoms with Gasteiger partial charge < -0.3 is 15.4 Å². The number of ether oxygens (including phenoxy) is 1. The summed E-state index contributed by atoms with van der Waals surface area (Å²) < 4.78 is 5.32. The maximum Gasteiger partial charge on any atom is 0.408 e. The highest BCUT2D eigenvalue weighted by molar-refractivity contribution is 5.93. The molecule has 0 aromatic heterocycles. The van der Waals surface area contributed by atoms with Crippen LogP contribution in [0.2, 0.25) is 0 Å². The summed E-state index contributed by atoms with van der Waals surface area (Å²) in [5.41, 5.74) is 1.19. The van der Waals surface area contributed by atoms with E-state index in [4.69, 9.17) is 11.2 Å². The fraction of sp³-hybridized carbons (Fsp3) is 0.577. The summed E-state index contributed by atoms with van der Waals surface area (Å²) in [4.78, 5) is 40.5. The molecule has 7 heteroatoms. The summed E-state index contributed by atoms with van der Waals surface area (Å²) in [6, 6.07) is 5.90. The lowest BCUT2D eigenvalue weighted by Gasteiger charge is -2.34. The standard InChI is InChI=1S/C26H39N3O4/c1-12-29(23(31)20(16(2)3)27-24(32)33-26(9,10)11)21(22(30)28-25(6,7)8)19-15-13-14-17(4)18(19)5/h1,13-16,20-21H,2-11H3,(H,27,32)(H,28,30). The van der Waals surface area contributed by atoms with E-state index in [0.29, 0.717) is 5.56 Å². The lowest BCUT2D eigenvalue weighted by Crippen LogP contribution is -2.54. The summed E-state index contributed by atoms with van der Waals surface area (Å²) >= 11 is 0. The third-order valence-electron chi connectivity index (χ3n) is 4.93. The number of nitrogens with one attached hydrogen (secondary N) is 2. The zero-order chi connectivity index (χ0) is 25.7. The summed E-state index contributed by atoms with van der Waals surface area (Å²) in [7, 11) is 0. The number of hydrogen-bond acceptors (Lipinski definition) is 4. The molecular formula is C26H39N3O4. The Morgan fingerprint density at radius 1 is 1.06 bits per heavy atom. The first-order valence-electron chi connectivity index (χ1n) is 11.2. The average molecular weight is 458 g/mol. The van der Waals surface area contributed by atoms with Crippen molar-refractivity contribution < 1.29 is 19.1 Å². The number of aryl methyl sites for hydroxylation is 1. The Balaban J connectivity index is 3.48. The summed E-state index contributed by atoms with van der Waals surface area (Å²) in [6.07, 6.45) is 5.08. The molecule has 2 unspecified atom stereocenters. The molecule has 0 radical (unpaired) electrons. The third kappa shape index (κ3) is 8.12. The van der Waals surface area contributed by atoms with Crippen LogP contribution in [0.3, 0.4) is 0 Å². The second-order valence-electron chi connectivity index (χ2n) is 10.6. The molecule has 0 spiro atoms. The summed E-state index contributed by atoms with van der Waals surface area (Å²) in [5, 5.41) is 5.56. The molecule has 1 aromatic rings. The molecule has 3 amide bonds. The Hall–Kier alpha value is -3.01. The second-order valence-corrected chi connectivity index (χ2v) is 10.6. The van der Waals surface area contributed by atoms with Crippen molar-refractivity contribution in [2.24, 2.45) is 5.92 Å². The Kier molecular flexibility index (Phi) is 9.12. The van der Waals surface area contributed by atoms with Crippen LogP contribution in [0.15, 0.2) is 18.2 Å². The van der Waals surface area contributed by atoms with Crippen LogP contribution in [-0.2, 0) is 14.3 Å². The monoisotopic (exact) mass is 457 g/mol. The molecule has 7 nitrogen and oxygen atoms in total. The predicted molar refractivity (Wildman–Crippen MR) is 130 cm³/mol. The van der Waals surface area contributed by atoms with E-state index in [1.54, 1.807) is 40.7 Å². The maximum absolute atomic E-state index is 13.6. The van der Waals surface area contributed by atoms with Crippen LogP contribution in [-0.4, -0.2) is 40.0 Å². The fourth-order valence-corrected chi connectivity index (χ4v) is 3.27. The van der Waals surface area contributed by atoms with Crippen molar-refractivity contribution in [2.45, 2.75) is 92.5 Å². The quantitative estimate of drug-likeness (QED) is 0.494. The van der Waals surface area contributed by atoms with Crippen LogP contribution in [0.4, 0.5) is 4.79 Å². The largest absolute Gasteiger partial charge is 0.444 e. The summed E-state index contributed by atoms with van der Waals surface area (Å²) in [6.45, 7) is 18.2. The van der Waals surface area contributed by atoms with Gasteiger partial charge in [-0.1, -0.05) is 38.5 Å². The zero-order valence-electron chi connectivity index (χ0n) is 21.6. The van der Waals surface area contributed by atoms with Gasteiger partial charge in [0.1, 0.15) is 17.7 Å². The van der Waals surface area contributed by atoms with Gasteiger partial charge in [0.15, 0.2) is 0 Å². The molecule has 182 valence electrons. The smallest absolute Gasteiger partial charge is 0.408 e. The van der Waals surface area contributed by atoms with Crippen molar-refractivity contribution in [2.75, 3.05) is 0 Å². The van der Waals surface area contributed by atoms with Gasteiger partial charge in [-0.25, -0.2) is 4.79 Å². The average Bonchev–Trinajstić information content (AvgIpc) is 2.63. The van der Waals surface area contributed by atoms with E-state index in [1.165, 1.54) is 0 Å². The van der Waals surface area contributed by atoms with E-state index in [2.05, 4.69) is 16.7 Å². The molecular weight excluding hydrogens is 418 g/mol. The molecule has 0 heterocycles. The number of alkyl carbamates (subject to hydrolysis) is 1. The first-order valence-corrected chi connectivity index (χ1v) is 11.2. The number of amides is 3. The van der Waals surface area contributed by atoms with Gasteiger partial charge >= 0.3 is 6.09 Å². The minimum atomic E-state index is -1.07. The normalized spacial score (nSPS) is 13.5. The first kappa shape index (κ1) is 28.0. The molecule has 0 fully saturated rings. The molecule has 0 bridgehead atoms. The Labute approximate surface area is 198 Å². The molecule has 1 aromatic carbocycles. The van der Waals surface area contributed by atoms with Crippen LogP contribution >= 0.6 is 0 Å². The molecule has 0 saturated carbocycles. The first-order chi connectivity index (χ1) is 15.0. The summed E-state index contributed by atoms with van der Waals surface area (Å²) in [5.74, 6) is -1.26. The Morgan fingerprint density at radius 3 is 2.09 bits per heavy atom. The van der Waals surface area contributed by atoms with Gasteiger partial charge in [-0.05, 0) is 78.0 Å². The lowest BCUT2D eigenvalue weighted by molar-refractivity contribution is -0.140. The van der Waals surface area contributed by atoms with Crippen molar-refractivity contribution >= 4 is 17.9 Å². The Morgan fingerprint density at radius 2 is 1.64 bits per heavy atom. The van der Waals surface area contributed by atoms with Crippen molar-refractivity contribution in [3.8, 4) is 12.5 Å². The lowest BCUT2D eigenvalue weighted by atomic mass is 9.93. The maximum atomic E-state index is 13.6. The van der Waals surface area contributed by atoms with Crippen LogP contribution in [0.25, 0.3) is 0 Å². The van der Waals surface area contributed by atoms with Crippen molar-refractivity contribution in [3.63, 3.8) is 0 Å². The SMILES string of the molecule is C#CN(C(=O)C(NC(=O)OC(C)(C)C)C(C)C)C(C(=O)NC(C)(C)C)c1cccc(C)c1C. The van der Waals surface area contributed by atoms with Gasteiger partial charge in [0.05, 0.1) is 0 Å². The van der Waals surface area contributed by atoms with E-state index in [9.17, 15) is 14.4 Å². The molecule has 0 aliphatic rings. The molecule has 0 aliphatic carbocycles. The molecule has 0 aliphatic heterocycles. The molecule has 1 rings (SSSR count). The van der Waals surface area contributed by atoms with Gasteiger partial charge in [-0.2, -0.15) is 0 Å². The highest BCUT2D eigenvalue weighted by Crippen LogP contribution is 2.28. The minimum Gasteiger partial charge on any atom is -0.444 e. The number of nitrogens with zero attached hydrogens (tertiary/aromatic N) is 1.